The first kappa shape index (κ1) is 16.2. The van der Waals surface area contributed by atoms with Gasteiger partial charge < -0.3 is 15.2 Å². The maximum absolute atomic E-state index is 12.7. The van der Waals surface area contributed by atoms with Gasteiger partial charge in [-0.25, -0.2) is 4.21 Å². The average Bonchev–Trinajstić information content (AvgIpc) is 2.53. The van der Waals surface area contributed by atoms with Crippen LogP contribution in [-0.4, -0.2) is 23.1 Å². The van der Waals surface area contributed by atoms with E-state index >= 15 is 0 Å². The molecule has 2 aromatic rings. The van der Waals surface area contributed by atoms with Crippen LogP contribution in [0.4, 0.5) is 0 Å². The molecule has 0 radical (unpaired) electrons. The zero-order valence-corrected chi connectivity index (χ0v) is 13.0. The zero-order chi connectivity index (χ0) is 16.3. The van der Waals surface area contributed by atoms with Gasteiger partial charge in [0.05, 0.1) is 32.1 Å². The third-order valence-corrected chi connectivity index (χ3v) is 4.67. The summed E-state index contributed by atoms with van der Waals surface area (Å²) in [5.74, 6) is -1.89. The molecule has 0 saturated carbocycles. The van der Waals surface area contributed by atoms with Gasteiger partial charge in [-0.15, -0.1) is 0 Å². The normalized spacial score (nSPS) is 11.7. The first-order valence-electron chi connectivity index (χ1n) is 6.19. The Morgan fingerprint density at radius 1 is 1.09 bits per heavy atom. The van der Waals surface area contributed by atoms with E-state index in [-0.39, 0.29) is 25.9 Å². The van der Waals surface area contributed by atoms with Gasteiger partial charge in [0, 0.05) is 17.6 Å². The molecule has 114 valence electrons. The van der Waals surface area contributed by atoms with Gasteiger partial charge in [0.15, 0.2) is 0 Å². The minimum atomic E-state index is -1.86. The molecule has 1 atom stereocenters. The fourth-order valence-corrected chi connectivity index (χ4v) is 3.40. The molecule has 2 rings (SSSR count). The molecule has 1 amide bonds. The van der Waals surface area contributed by atoms with Crippen molar-refractivity contribution in [1.29, 1.82) is 0 Å². The number of aromatic carboxylic acids is 1. The second-order valence-electron chi connectivity index (χ2n) is 4.27. The molecule has 0 aromatic heterocycles. The molecule has 0 aliphatic rings. The first-order valence-corrected chi connectivity index (χ1v) is 7.72. The number of carboxylic acid groups (broad SMARTS) is 1. The summed E-state index contributed by atoms with van der Waals surface area (Å²) in [5, 5.41) is 13.8. The van der Waals surface area contributed by atoms with Gasteiger partial charge in [0.1, 0.15) is 0 Å². The third kappa shape index (κ3) is 3.18. The van der Waals surface area contributed by atoms with E-state index in [0.29, 0.717) is 0 Å². The van der Waals surface area contributed by atoms with Crippen LogP contribution in [0.1, 0.15) is 20.7 Å². The number of carboxylic acids is 1. The Morgan fingerprint density at radius 2 is 1.73 bits per heavy atom. The standard InChI is InChI=1S/C15H12ClNO4S/c1-17-14(18)10-4-2-3-5-12(10)22(21)13-7-6-9(16)8-11(13)15(19)20/h2-8H,1H3,(H,17,18)(H,19,20)/p-1/t22-/m1/s1. The SMILES string of the molecule is CNC(=O)c1ccccc1[S@@](=O)c1ccc(Cl)cc1C(=O)[O-]. The molecule has 0 fully saturated rings. The highest BCUT2D eigenvalue weighted by Gasteiger charge is 2.19. The van der Waals surface area contributed by atoms with E-state index in [0.717, 1.165) is 0 Å². The summed E-state index contributed by atoms with van der Waals surface area (Å²) in [6, 6.07) is 10.2. The summed E-state index contributed by atoms with van der Waals surface area (Å²) < 4.78 is 12.7. The van der Waals surface area contributed by atoms with Crippen LogP contribution < -0.4 is 10.4 Å². The molecule has 0 spiro atoms. The molecule has 0 aliphatic carbocycles. The molecule has 0 aliphatic heterocycles. The molecule has 5 nitrogen and oxygen atoms in total. The highest BCUT2D eigenvalue weighted by atomic mass is 35.5. The Kier molecular flexibility index (Phi) is 4.95. The van der Waals surface area contributed by atoms with Crippen LogP contribution >= 0.6 is 11.6 Å². The van der Waals surface area contributed by atoms with Crippen molar-refractivity contribution in [2.45, 2.75) is 9.79 Å². The second-order valence-corrected chi connectivity index (χ2v) is 6.13. The molecule has 0 bridgehead atoms. The summed E-state index contributed by atoms with van der Waals surface area (Å²) >= 11 is 5.76. The van der Waals surface area contributed by atoms with E-state index in [1.54, 1.807) is 12.1 Å². The van der Waals surface area contributed by atoms with Gasteiger partial charge in [0.25, 0.3) is 5.91 Å². The lowest BCUT2D eigenvalue weighted by atomic mass is 10.2. The molecule has 0 saturated heterocycles. The van der Waals surface area contributed by atoms with Gasteiger partial charge in [-0.1, -0.05) is 23.7 Å². The number of carbonyl (C=O) groups excluding carboxylic acids is 2. The van der Waals surface area contributed by atoms with Crippen LogP contribution in [0.5, 0.6) is 0 Å². The molecule has 22 heavy (non-hydrogen) atoms. The Hall–Kier alpha value is -2.18. The van der Waals surface area contributed by atoms with E-state index in [9.17, 15) is 18.9 Å². The quantitative estimate of drug-likeness (QED) is 0.909. The molecule has 1 N–H and O–H groups in total. The monoisotopic (exact) mass is 336 g/mol. The predicted octanol–water partition coefficient (Wildman–Crippen LogP) is 1.23. The topological polar surface area (TPSA) is 86.3 Å². The highest BCUT2D eigenvalue weighted by Crippen LogP contribution is 2.25. The minimum absolute atomic E-state index is 0.0285. The number of nitrogens with one attached hydrogen (secondary N) is 1. The summed E-state index contributed by atoms with van der Waals surface area (Å²) in [6.45, 7) is 0. The molecular weight excluding hydrogens is 326 g/mol. The average molecular weight is 337 g/mol. The van der Waals surface area contributed by atoms with Crippen LogP contribution in [0.15, 0.2) is 52.3 Å². The van der Waals surface area contributed by atoms with E-state index in [4.69, 9.17) is 11.6 Å². The fourth-order valence-electron chi connectivity index (χ4n) is 1.89. The van der Waals surface area contributed by atoms with Crippen LogP contribution in [0.2, 0.25) is 5.02 Å². The number of carbonyl (C=O) groups is 2. The maximum atomic E-state index is 12.7. The predicted molar refractivity (Wildman–Crippen MR) is 80.3 cm³/mol. The van der Waals surface area contributed by atoms with Crippen molar-refractivity contribution < 1.29 is 18.9 Å². The zero-order valence-electron chi connectivity index (χ0n) is 11.5. The van der Waals surface area contributed by atoms with Crippen molar-refractivity contribution in [3.05, 3.63) is 58.6 Å². The lowest BCUT2D eigenvalue weighted by Crippen LogP contribution is -2.24. The van der Waals surface area contributed by atoms with Crippen molar-refractivity contribution in [3.8, 4) is 0 Å². The second kappa shape index (κ2) is 6.72. The Labute approximate surface area is 134 Å². The van der Waals surface area contributed by atoms with E-state index < -0.39 is 22.7 Å². The Balaban J connectivity index is 2.59. The van der Waals surface area contributed by atoms with E-state index in [1.807, 2.05) is 0 Å². The Morgan fingerprint density at radius 3 is 2.36 bits per heavy atom. The van der Waals surface area contributed by atoms with Crippen molar-refractivity contribution in [2.24, 2.45) is 0 Å². The molecule has 7 heteroatoms. The number of amides is 1. The third-order valence-electron chi connectivity index (χ3n) is 2.92. The summed E-state index contributed by atoms with van der Waals surface area (Å²) in [6.07, 6.45) is 0. The molecule has 0 heterocycles. The van der Waals surface area contributed by atoms with Gasteiger partial charge in [-0.2, -0.15) is 0 Å². The highest BCUT2D eigenvalue weighted by molar-refractivity contribution is 7.85. The molecular formula is C15H11ClNO4S-. The number of rotatable bonds is 4. The van der Waals surface area contributed by atoms with Crippen LogP contribution in [0, 0.1) is 0 Å². The van der Waals surface area contributed by atoms with E-state index in [1.165, 1.54) is 37.4 Å². The fraction of sp³-hybridized carbons (Fsp3) is 0.0667. The number of hydrogen-bond donors (Lipinski definition) is 1. The number of benzene rings is 2. The molecule has 2 aromatic carbocycles. The summed E-state index contributed by atoms with van der Waals surface area (Å²) in [7, 11) is -0.406. The van der Waals surface area contributed by atoms with Gasteiger partial charge in [0.2, 0.25) is 0 Å². The first-order chi connectivity index (χ1) is 10.5. The lowest BCUT2D eigenvalue weighted by Gasteiger charge is -2.13. The van der Waals surface area contributed by atoms with Crippen molar-refractivity contribution in [2.75, 3.05) is 7.05 Å². The summed E-state index contributed by atoms with van der Waals surface area (Å²) in [5.41, 5.74) is -0.0554. The van der Waals surface area contributed by atoms with Crippen molar-refractivity contribution in [3.63, 3.8) is 0 Å². The smallest absolute Gasteiger partial charge is 0.252 e. The largest absolute Gasteiger partial charge is 0.545 e. The minimum Gasteiger partial charge on any atom is -0.545 e. The van der Waals surface area contributed by atoms with Gasteiger partial charge >= 0.3 is 0 Å². The van der Waals surface area contributed by atoms with E-state index in [2.05, 4.69) is 5.32 Å². The van der Waals surface area contributed by atoms with Crippen LogP contribution in [-0.2, 0) is 10.8 Å². The number of hydrogen-bond acceptors (Lipinski definition) is 4. The Bertz CT molecular complexity index is 776. The number of halogens is 1. The van der Waals surface area contributed by atoms with Crippen molar-refractivity contribution >= 4 is 34.3 Å². The van der Waals surface area contributed by atoms with Gasteiger partial charge in [-0.3, -0.25) is 4.79 Å². The molecule has 0 unspecified atom stereocenters. The lowest BCUT2D eigenvalue weighted by molar-refractivity contribution is -0.255. The maximum Gasteiger partial charge on any atom is 0.252 e. The van der Waals surface area contributed by atoms with Gasteiger partial charge in [-0.05, 0) is 30.3 Å². The summed E-state index contributed by atoms with van der Waals surface area (Å²) in [4.78, 5) is 23.3. The van der Waals surface area contributed by atoms with Crippen LogP contribution in [0.25, 0.3) is 0 Å². The van der Waals surface area contributed by atoms with Crippen LogP contribution in [0.3, 0.4) is 0 Å². The van der Waals surface area contributed by atoms with Crippen molar-refractivity contribution in [1.82, 2.24) is 5.32 Å².